The van der Waals surface area contributed by atoms with Crippen molar-refractivity contribution in [3.05, 3.63) is 99.0 Å². The van der Waals surface area contributed by atoms with Crippen molar-refractivity contribution >= 4 is 40.1 Å². The summed E-state index contributed by atoms with van der Waals surface area (Å²) in [5.41, 5.74) is 1.57. The van der Waals surface area contributed by atoms with Crippen molar-refractivity contribution in [2.75, 3.05) is 6.61 Å². The van der Waals surface area contributed by atoms with Gasteiger partial charge in [0.05, 0.1) is 22.3 Å². The minimum absolute atomic E-state index is 0.155. The molecular formula is C24H17FN2O2S2. The molecule has 0 fully saturated rings. The van der Waals surface area contributed by atoms with E-state index >= 15 is 0 Å². The van der Waals surface area contributed by atoms with E-state index in [9.17, 15) is 9.18 Å². The molecule has 0 radical (unpaired) electrons. The fraction of sp³-hybridized carbons (Fsp3) is 0.0833. The second-order valence-corrected chi connectivity index (χ2v) is 8.62. The maximum Gasteiger partial charge on any atom is 0.261 e. The van der Waals surface area contributed by atoms with Crippen LogP contribution < -0.4 is 10.3 Å². The van der Waals surface area contributed by atoms with E-state index in [2.05, 4.69) is 0 Å². The van der Waals surface area contributed by atoms with Crippen LogP contribution in [0.25, 0.3) is 27.0 Å². The molecule has 0 amide bonds. The smallest absolute Gasteiger partial charge is 0.261 e. The number of thiazole rings is 1. The Morgan fingerprint density at radius 2 is 1.65 bits per heavy atom. The number of fused-ring (bicyclic) bond motifs is 3. The van der Waals surface area contributed by atoms with Crippen LogP contribution in [0.5, 0.6) is 5.75 Å². The fourth-order valence-electron chi connectivity index (χ4n) is 3.71. The van der Waals surface area contributed by atoms with Gasteiger partial charge in [-0.1, -0.05) is 48.5 Å². The standard InChI is InChI=1S/C24H17FN2O2S2/c25-19-12-6-4-10-17(19)21-22-26(14-15-29-16-8-2-1-3-9-16)23(28)18-11-5-7-13-20(18)27(22)24(30)31-21/h1-13H,14-15H2. The largest absolute Gasteiger partial charge is 0.492 e. The zero-order valence-corrected chi connectivity index (χ0v) is 18.0. The van der Waals surface area contributed by atoms with Gasteiger partial charge in [0.2, 0.25) is 0 Å². The lowest BCUT2D eigenvalue weighted by molar-refractivity contribution is 0.298. The highest BCUT2D eigenvalue weighted by molar-refractivity contribution is 7.73. The molecule has 5 rings (SSSR count). The number of ether oxygens (including phenoxy) is 1. The SMILES string of the molecule is O=c1c2ccccc2n2c(=S)sc(-c3ccccc3F)c2n1CCOc1ccccc1. The zero-order chi connectivity index (χ0) is 21.4. The van der Waals surface area contributed by atoms with Crippen molar-refractivity contribution in [3.63, 3.8) is 0 Å². The van der Waals surface area contributed by atoms with Crippen LogP contribution in [-0.2, 0) is 6.54 Å². The monoisotopic (exact) mass is 448 g/mol. The molecule has 2 aromatic heterocycles. The number of para-hydroxylation sites is 2. The van der Waals surface area contributed by atoms with Gasteiger partial charge in [0.25, 0.3) is 5.56 Å². The molecule has 4 nitrogen and oxygen atoms in total. The first kappa shape index (κ1) is 19.7. The Bertz CT molecular complexity index is 1520. The molecule has 154 valence electrons. The quantitative estimate of drug-likeness (QED) is 0.313. The third-order valence-corrected chi connectivity index (χ3v) is 6.50. The van der Waals surface area contributed by atoms with E-state index in [0.29, 0.717) is 37.5 Å². The minimum atomic E-state index is -0.353. The lowest BCUT2D eigenvalue weighted by Crippen LogP contribution is -2.25. The van der Waals surface area contributed by atoms with E-state index in [1.54, 1.807) is 28.8 Å². The van der Waals surface area contributed by atoms with Gasteiger partial charge in [0.1, 0.15) is 23.8 Å². The van der Waals surface area contributed by atoms with Crippen LogP contribution in [0.2, 0.25) is 0 Å². The minimum Gasteiger partial charge on any atom is -0.492 e. The molecule has 2 heterocycles. The summed E-state index contributed by atoms with van der Waals surface area (Å²) in [4.78, 5) is 14.1. The normalized spacial score (nSPS) is 11.3. The van der Waals surface area contributed by atoms with Crippen molar-refractivity contribution in [1.29, 1.82) is 0 Å². The van der Waals surface area contributed by atoms with Gasteiger partial charge < -0.3 is 4.74 Å². The van der Waals surface area contributed by atoms with E-state index in [4.69, 9.17) is 17.0 Å². The number of hydrogen-bond acceptors (Lipinski definition) is 4. The Morgan fingerprint density at radius 3 is 2.45 bits per heavy atom. The van der Waals surface area contributed by atoms with Crippen LogP contribution in [0.1, 0.15) is 0 Å². The van der Waals surface area contributed by atoms with Crippen molar-refractivity contribution in [1.82, 2.24) is 8.97 Å². The van der Waals surface area contributed by atoms with Gasteiger partial charge in [-0.15, -0.1) is 11.3 Å². The van der Waals surface area contributed by atoms with Gasteiger partial charge in [0.15, 0.2) is 3.95 Å². The number of benzene rings is 3. The van der Waals surface area contributed by atoms with Crippen LogP contribution in [0, 0.1) is 9.77 Å². The Labute approximate surface area is 186 Å². The van der Waals surface area contributed by atoms with Gasteiger partial charge in [-0.3, -0.25) is 13.8 Å². The molecule has 3 aromatic carbocycles. The molecule has 0 saturated heterocycles. The molecule has 5 aromatic rings. The lowest BCUT2D eigenvalue weighted by atomic mass is 10.1. The van der Waals surface area contributed by atoms with Crippen molar-refractivity contribution in [2.24, 2.45) is 0 Å². The molecule has 31 heavy (non-hydrogen) atoms. The van der Waals surface area contributed by atoms with Gasteiger partial charge in [-0.05, 0) is 42.5 Å². The first-order valence-electron chi connectivity index (χ1n) is 9.75. The number of aromatic nitrogens is 2. The van der Waals surface area contributed by atoms with E-state index in [1.807, 2.05) is 52.9 Å². The van der Waals surface area contributed by atoms with Gasteiger partial charge in [0, 0.05) is 5.56 Å². The summed E-state index contributed by atoms with van der Waals surface area (Å²) in [6.07, 6.45) is 0. The number of rotatable bonds is 5. The molecule has 0 atom stereocenters. The Balaban J connectivity index is 1.74. The van der Waals surface area contributed by atoms with Crippen molar-refractivity contribution in [2.45, 2.75) is 6.54 Å². The highest BCUT2D eigenvalue weighted by Gasteiger charge is 2.19. The molecule has 0 unspecified atom stereocenters. The Hall–Kier alpha value is -3.29. The zero-order valence-electron chi connectivity index (χ0n) is 16.3. The number of hydrogen-bond donors (Lipinski definition) is 0. The fourth-order valence-corrected chi connectivity index (χ4v) is 5.17. The maximum atomic E-state index is 14.7. The predicted molar refractivity (Wildman–Crippen MR) is 125 cm³/mol. The summed E-state index contributed by atoms with van der Waals surface area (Å²) < 4.78 is 24.6. The summed E-state index contributed by atoms with van der Waals surface area (Å²) in [5.74, 6) is 0.373. The van der Waals surface area contributed by atoms with Crippen LogP contribution in [-0.4, -0.2) is 15.6 Å². The highest BCUT2D eigenvalue weighted by atomic mass is 32.1. The van der Waals surface area contributed by atoms with E-state index in [-0.39, 0.29) is 18.0 Å². The maximum absolute atomic E-state index is 14.7. The van der Waals surface area contributed by atoms with Crippen LogP contribution >= 0.6 is 23.6 Å². The topological polar surface area (TPSA) is 35.6 Å². The molecular weight excluding hydrogens is 431 g/mol. The molecule has 0 aliphatic rings. The third-order valence-electron chi connectivity index (χ3n) is 5.11. The summed E-state index contributed by atoms with van der Waals surface area (Å²) >= 11 is 6.95. The Morgan fingerprint density at radius 1 is 0.935 bits per heavy atom. The van der Waals surface area contributed by atoms with E-state index in [1.165, 1.54) is 17.4 Å². The van der Waals surface area contributed by atoms with Gasteiger partial charge in [-0.25, -0.2) is 4.39 Å². The first-order chi connectivity index (χ1) is 15.1. The number of nitrogens with zero attached hydrogens (tertiary/aromatic N) is 2. The molecule has 7 heteroatoms. The average Bonchev–Trinajstić information content (AvgIpc) is 3.14. The second-order valence-electron chi connectivity index (χ2n) is 6.97. The van der Waals surface area contributed by atoms with Crippen molar-refractivity contribution < 1.29 is 9.13 Å². The first-order valence-corrected chi connectivity index (χ1v) is 11.0. The summed E-state index contributed by atoms with van der Waals surface area (Å²) in [6, 6.07) is 23.3. The van der Waals surface area contributed by atoms with E-state index < -0.39 is 0 Å². The summed E-state index contributed by atoms with van der Waals surface area (Å²) in [5, 5.41) is 0.559. The van der Waals surface area contributed by atoms with Crippen LogP contribution in [0.4, 0.5) is 4.39 Å². The number of halogens is 1. The summed E-state index contributed by atoms with van der Waals surface area (Å²) in [6.45, 7) is 0.590. The second kappa shape index (κ2) is 8.09. The van der Waals surface area contributed by atoms with Crippen LogP contribution in [0.3, 0.4) is 0 Å². The summed E-state index contributed by atoms with van der Waals surface area (Å²) in [7, 11) is 0. The van der Waals surface area contributed by atoms with Crippen LogP contribution in [0.15, 0.2) is 83.7 Å². The molecule has 0 spiro atoms. The predicted octanol–water partition coefficient (Wildman–Crippen LogP) is 5.93. The van der Waals surface area contributed by atoms with Gasteiger partial charge >= 0.3 is 0 Å². The molecule has 0 bridgehead atoms. The molecule has 0 saturated carbocycles. The molecule has 0 aliphatic carbocycles. The van der Waals surface area contributed by atoms with Crippen molar-refractivity contribution in [3.8, 4) is 16.2 Å². The lowest BCUT2D eigenvalue weighted by Gasteiger charge is -2.14. The Kier molecular flexibility index (Phi) is 5.13. The molecule has 0 aliphatic heterocycles. The molecule has 0 N–H and O–H groups in total. The van der Waals surface area contributed by atoms with E-state index in [0.717, 1.165) is 5.75 Å². The van der Waals surface area contributed by atoms with Gasteiger partial charge in [-0.2, -0.15) is 0 Å². The average molecular weight is 449 g/mol. The third kappa shape index (κ3) is 3.45. The highest BCUT2D eigenvalue weighted by Crippen LogP contribution is 2.34.